The SMILES string of the molecule is CCC1CCCCN1CC(=O)NCc1ccc(F)cc1. The van der Waals surface area contributed by atoms with Gasteiger partial charge in [0.05, 0.1) is 6.54 Å². The van der Waals surface area contributed by atoms with E-state index in [4.69, 9.17) is 0 Å². The van der Waals surface area contributed by atoms with Crippen molar-refractivity contribution in [2.75, 3.05) is 13.1 Å². The zero-order valence-corrected chi connectivity index (χ0v) is 12.1. The number of nitrogens with one attached hydrogen (secondary N) is 1. The molecule has 1 aliphatic heterocycles. The second-order valence-corrected chi connectivity index (χ2v) is 5.43. The molecule has 20 heavy (non-hydrogen) atoms. The van der Waals surface area contributed by atoms with E-state index in [1.807, 2.05) is 0 Å². The number of carbonyl (C=O) groups excluding carboxylic acids is 1. The van der Waals surface area contributed by atoms with Gasteiger partial charge in [-0.3, -0.25) is 9.69 Å². The highest BCUT2D eigenvalue weighted by Crippen LogP contribution is 2.18. The predicted molar refractivity (Wildman–Crippen MR) is 77.7 cm³/mol. The lowest BCUT2D eigenvalue weighted by atomic mass is 10.00. The van der Waals surface area contributed by atoms with Crippen molar-refractivity contribution in [2.45, 2.75) is 45.2 Å². The third-order valence-electron chi connectivity index (χ3n) is 3.97. The summed E-state index contributed by atoms with van der Waals surface area (Å²) < 4.78 is 12.8. The number of piperidine rings is 1. The average Bonchev–Trinajstić information content (AvgIpc) is 2.47. The van der Waals surface area contributed by atoms with Crippen LogP contribution < -0.4 is 5.32 Å². The number of rotatable bonds is 5. The van der Waals surface area contributed by atoms with Crippen molar-refractivity contribution in [3.8, 4) is 0 Å². The van der Waals surface area contributed by atoms with Crippen LogP contribution in [0.4, 0.5) is 4.39 Å². The van der Waals surface area contributed by atoms with Gasteiger partial charge in [0, 0.05) is 12.6 Å². The first-order chi connectivity index (χ1) is 9.69. The molecule has 2 rings (SSSR count). The topological polar surface area (TPSA) is 32.3 Å². The van der Waals surface area contributed by atoms with Crippen molar-refractivity contribution >= 4 is 5.91 Å². The van der Waals surface area contributed by atoms with E-state index in [1.165, 1.54) is 31.4 Å². The Morgan fingerprint density at radius 3 is 2.80 bits per heavy atom. The Morgan fingerprint density at radius 2 is 2.10 bits per heavy atom. The molecular formula is C16H23FN2O. The molecule has 4 heteroatoms. The first kappa shape index (κ1) is 15.0. The van der Waals surface area contributed by atoms with Crippen LogP contribution in [0.15, 0.2) is 24.3 Å². The summed E-state index contributed by atoms with van der Waals surface area (Å²) in [4.78, 5) is 14.3. The lowest BCUT2D eigenvalue weighted by Gasteiger charge is -2.34. The maximum atomic E-state index is 12.8. The highest BCUT2D eigenvalue weighted by Gasteiger charge is 2.22. The molecule has 0 spiro atoms. The normalized spacial score (nSPS) is 19.8. The van der Waals surface area contributed by atoms with Gasteiger partial charge >= 0.3 is 0 Å². The average molecular weight is 278 g/mol. The molecule has 3 nitrogen and oxygen atoms in total. The number of hydrogen-bond acceptors (Lipinski definition) is 2. The number of amides is 1. The molecule has 1 aromatic carbocycles. The van der Waals surface area contributed by atoms with Crippen molar-refractivity contribution in [2.24, 2.45) is 0 Å². The number of benzene rings is 1. The second kappa shape index (κ2) is 7.39. The monoisotopic (exact) mass is 278 g/mol. The molecule has 1 amide bonds. The van der Waals surface area contributed by atoms with Crippen molar-refractivity contribution in [3.05, 3.63) is 35.6 Å². The largest absolute Gasteiger partial charge is 0.351 e. The van der Waals surface area contributed by atoms with Gasteiger partial charge in [-0.1, -0.05) is 25.5 Å². The fraction of sp³-hybridized carbons (Fsp3) is 0.562. The second-order valence-electron chi connectivity index (χ2n) is 5.43. The van der Waals surface area contributed by atoms with Crippen LogP contribution in [0.25, 0.3) is 0 Å². The Bertz CT molecular complexity index is 433. The molecule has 110 valence electrons. The Labute approximate surface area is 120 Å². The van der Waals surface area contributed by atoms with Crippen molar-refractivity contribution in [1.29, 1.82) is 0 Å². The molecule has 1 aliphatic rings. The number of carbonyl (C=O) groups is 1. The summed E-state index contributed by atoms with van der Waals surface area (Å²) in [6.45, 7) is 4.13. The van der Waals surface area contributed by atoms with Crippen molar-refractivity contribution in [1.82, 2.24) is 10.2 Å². The van der Waals surface area contributed by atoms with E-state index in [1.54, 1.807) is 12.1 Å². The van der Waals surface area contributed by atoms with Gasteiger partial charge in [-0.15, -0.1) is 0 Å². The van der Waals surface area contributed by atoms with E-state index in [2.05, 4.69) is 17.1 Å². The Kier molecular flexibility index (Phi) is 5.53. The van der Waals surface area contributed by atoms with Gasteiger partial charge < -0.3 is 5.32 Å². The lowest BCUT2D eigenvalue weighted by Crippen LogP contribution is -2.45. The summed E-state index contributed by atoms with van der Waals surface area (Å²) in [5, 5.41) is 2.91. The molecule has 0 aromatic heterocycles. The maximum absolute atomic E-state index is 12.8. The van der Waals surface area contributed by atoms with Gasteiger partial charge in [-0.25, -0.2) is 4.39 Å². The smallest absolute Gasteiger partial charge is 0.234 e. The van der Waals surface area contributed by atoms with Crippen LogP contribution in [0.1, 0.15) is 38.2 Å². The number of halogens is 1. The van der Waals surface area contributed by atoms with Gasteiger partial charge in [0.25, 0.3) is 0 Å². The summed E-state index contributed by atoms with van der Waals surface area (Å²) in [7, 11) is 0. The van der Waals surface area contributed by atoms with E-state index in [-0.39, 0.29) is 11.7 Å². The van der Waals surface area contributed by atoms with Gasteiger partial charge in [0.1, 0.15) is 5.82 Å². The Morgan fingerprint density at radius 1 is 1.35 bits per heavy atom. The fourth-order valence-electron chi connectivity index (χ4n) is 2.77. The lowest BCUT2D eigenvalue weighted by molar-refractivity contribution is -0.123. The van der Waals surface area contributed by atoms with Crippen LogP contribution in [-0.4, -0.2) is 29.9 Å². The van der Waals surface area contributed by atoms with E-state index >= 15 is 0 Å². The van der Waals surface area contributed by atoms with Gasteiger partial charge in [-0.05, 0) is 43.5 Å². The summed E-state index contributed by atoms with van der Waals surface area (Å²) in [5.41, 5.74) is 0.922. The third-order valence-corrected chi connectivity index (χ3v) is 3.97. The molecule has 1 unspecified atom stereocenters. The minimum atomic E-state index is -0.251. The van der Waals surface area contributed by atoms with Gasteiger partial charge in [0.2, 0.25) is 5.91 Å². The minimum Gasteiger partial charge on any atom is -0.351 e. The Balaban J connectivity index is 1.78. The molecule has 1 atom stereocenters. The fourth-order valence-corrected chi connectivity index (χ4v) is 2.77. The zero-order chi connectivity index (χ0) is 14.4. The van der Waals surface area contributed by atoms with Crippen LogP contribution in [0, 0.1) is 5.82 Å². The summed E-state index contributed by atoms with van der Waals surface area (Å²) >= 11 is 0. The van der Waals surface area contributed by atoms with Crippen LogP contribution in [0.5, 0.6) is 0 Å². The van der Waals surface area contributed by atoms with Crippen molar-refractivity contribution < 1.29 is 9.18 Å². The highest BCUT2D eigenvalue weighted by atomic mass is 19.1. The molecule has 1 heterocycles. The quantitative estimate of drug-likeness (QED) is 0.898. The Hall–Kier alpha value is -1.42. The number of nitrogens with zero attached hydrogens (tertiary/aromatic N) is 1. The van der Waals surface area contributed by atoms with Crippen LogP contribution in [-0.2, 0) is 11.3 Å². The van der Waals surface area contributed by atoms with Crippen LogP contribution >= 0.6 is 0 Å². The maximum Gasteiger partial charge on any atom is 0.234 e. The summed E-state index contributed by atoms with van der Waals surface area (Å²) in [5.74, 6) is -0.200. The minimum absolute atomic E-state index is 0.0506. The molecule has 0 saturated carbocycles. The van der Waals surface area contributed by atoms with E-state index < -0.39 is 0 Å². The van der Waals surface area contributed by atoms with E-state index in [9.17, 15) is 9.18 Å². The molecule has 1 N–H and O–H groups in total. The van der Waals surface area contributed by atoms with Crippen LogP contribution in [0.3, 0.4) is 0 Å². The first-order valence-electron chi connectivity index (χ1n) is 7.44. The zero-order valence-electron chi connectivity index (χ0n) is 12.1. The molecule has 0 radical (unpaired) electrons. The highest BCUT2D eigenvalue weighted by molar-refractivity contribution is 5.78. The summed E-state index contributed by atoms with van der Waals surface area (Å²) in [6, 6.07) is 6.77. The van der Waals surface area contributed by atoms with Gasteiger partial charge in [-0.2, -0.15) is 0 Å². The van der Waals surface area contributed by atoms with E-state index in [0.29, 0.717) is 19.1 Å². The third kappa shape index (κ3) is 4.30. The number of hydrogen-bond donors (Lipinski definition) is 1. The molecule has 0 bridgehead atoms. The van der Waals surface area contributed by atoms with Crippen molar-refractivity contribution in [3.63, 3.8) is 0 Å². The summed E-state index contributed by atoms with van der Waals surface area (Å²) in [6.07, 6.45) is 4.75. The first-order valence-corrected chi connectivity index (χ1v) is 7.44. The van der Waals surface area contributed by atoms with Gasteiger partial charge in [0.15, 0.2) is 0 Å². The van der Waals surface area contributed by atoms with E-state index in [0.717, 1.165) is 18.5 Å². The van der Waals surface area contributed by atoms with Crippen LogP contribution in [0.2, 0.25) is 0 Å². The standard InChI is InChI=1S/C16H23FN2O/c1-2-15-5-3-4-10-19(15)12-16(20)18-11-13-6-8-14(17)9-7-13/h6-9,15H,2-5,10-12H2,1H3,(H,18,20). The predicted octanol–water partition coefficient (Wildman–Crippen LogP) is 2.71. The number of likely N-dealkylation sites (tertiary alicyclic amines) is 1. The molecule has 1 saturated heterocycles. The molecular weight excluding hydrogens is 255 g/mol. The molecule has 1 aromatic rings. The molecule has 1 fully saturated rings. The molecule has 0 aliphatic carbocycles.